The van der Waals surface area contributed by atoms with Gasteiger partial charge in [-0.1, -0.05) is 42.0 Å². The number of likely N-dealkylation sites (N-methyl/N-ethyl adjacent to an activating group) is 1. The summed E-state index contributed by atoms with van der Waals surface area (Å²) in [5.74, 6) is -1.62. The van der Waals surface area contributed by atoms with Crippen LogP contribution in [-0.4, -0.2) is 97.5 Å². The van der Waals surface area contributed by atoms with Crippen molar-refractivity contribution in [1.29, 1.82) is 0 Å². The second-order valence-electron chi connectivity index (χ2n) is 9.73. The molecule has 1 aromatic rings. The highest BCUT2D eigenvalue weighted by Gasteiger charge is 2.35. The van der Waals surface area contributed by atoms with E-state index in [1.54, 1.807) is 6.92 Å². The van der Waals surface area contributed by atoms with Gasteiger partial charge in [-0.3, -0.25) is 24.1 Å². The summed E-state index contributed by atoms with van der Waals surface area (Å²) in [5, 5.41) is 8.31. The minimum atomic E-state index is -0.879. The first-order chi connectivity index (χ1) is 17.1. The lowest BCUT2D eigenvalue weighted by molar-refractivity contribution is -0.149. The molecule has 2 heterocycles. The van der Waals surface area contributed by atoms with Crippen LogP contribution >= 0.6 is 0 Å². The molecule has 0 aliphatic carbocycles. The molecule has 10 nitrogen and oxygen atoms in total. The van der Waals surface area contributed by atoms with E-state index in [0.29, 0.717) is 19.6 Å². The first-order valence-electron chi connectivity index (χ1n) is 12.3. The van der Waals surface area contributed by atoms with Gasteiger partial charge in [0.1, 0.15) is 18.2 Å². The highest BCUT2D eigenvalue weighted by Crippen LogP contribution is 2.14. The number of nitrogens with one attached hydrogen (secondary N) is 3. The minimum absolute atomic E-state index is 0.195. The number of benzene rings is 1. The Labute approximate surface area is 212 Å². The summed E-state index contributed by atoms with van der Waals surface area (Å²) in [5.41, 5.74) is 2.04. The van der Waals surface area contributed by atoms with Gasteiger partial charge in [-0.2, -0.15) is 0 Å². The number of carbonyl (C=O) groups is 4. The number of carbonyl (C=O) groups excluding carboxylic acids is 4. The van der Waals surface area contributed by atoms with E-state index in [2.05, 4.69) is 26.9 Å². The molecule has 36 heavy (non-hydrogen) atoms. The van der Waals surface area contributed by atoms with Gasteiger partial charge in [0.25, 0.3) is 5.91 Å². The molecular formula is C26H37N5O5. The number of rotatable bonds is 4. The molecule has 2 aliphatic heterocycles. The van der Waals surface area contributed by atoms with E-state index in [-0.39, 0.29) is 25.4 Å². The van der Waals surface area contributed by atoms with Gasteiger partial charge in [0.15, 0.2) is 0 Å². The number of hydrogen-bond donors (Lipinski definition) is 3. The maximum atomic E-state index is 13.4. The van der Waals surface area contributed by atoms with Crippen LogP contribution in [0.5, 0.6) is 0 Å². The second-order valence-corrected chi connectivity index (χ2v) is 9.73. The lowest BCUT2D eigenvalue weighted by Crippen LogP contribution is -2.58. The van der Waals surface area contributed by atoms with Gasteiger partial charge in [-0.25, -0.2) is 0 Å². The van der Waals surface area contributed by atoms with Crippen molar-refractivity contribution in [2.24, 2.45) is 0 Å². The average molecular weight is 500 g/mol. The van der Waals surface area contributed by atoms with Crippen LogP contribution in [0.3, 0.4) is 0 Å². The molecule has 0 saturated carbocycles. The zero-order valence-corrected chi connectivity index (χ0v) is 21.5. The molecule has 0 spiro atoms. The summed E-state index contributed by atoms with van der Waals surface area (Å²) >= 11 is 0. The molecule has 2 fully saturated rings. The molecule has 196 valence electrons. The molecule has 4 amide bonds. The summed E-state index contributed by atoms with van der Waals surface area (Å²) in [4.78, 5) is 55.1. The molecule has 3 N–H and O–H groups in total. The summed E-state index contributed by atoms with van der Waals surface area (Å²) in [7, 11) is 1.50. The van der Waals surface area contributed by atoms with Crippen LogP contribution in [0.1, 0.15) is 26.3 Å². The number of fused-ring (bicyclic) bond motifs is 2. The summed E-state index contributed by atoms with van der Waals surface area (Å²) in [6, 6.07) is 7.72. The predicted molar refractivity (Wildman–Crippen MR) is 135 cm³/mol. The largest absolute Gasteiger partial charge is 0.361 e. The number of nitrogens with zero attached hydrogens (tertiary/aromatic N) is 2. The molecule has 0 unspecified atom stereocenters. The third-order valence-electron chi connectivity index (χ3n) is 6.22. The summed E-state index contributed by atoms with van der Waals surface area (Å²) in [6.45, 7) is 7.09. The minimum Gasteiger partial charge on any atom is -0.361 e. The first-order valence-corrected chi connectivity index (χ1v) is 12.3. The zero-order chi connectivity index (χ0) is 26.2. The van der Waals surface area contributed by atoms with Crippen molar-refractivity contribution in [2.75, 3.05) is 39.8 Å². The van der Waals surface area contributed by atoms with Crippen molar-refractivity contribution >= 4 is 23.6 Å². The van der Waals surface area contributed by atoms with Gasteiger partial charge >= 0.3 is 0 Å². The summed E-state index contributed by atoms with van der Waals surface area (Å²) < 4.78 is 6.08. The fourth-order valence-corrected chi connectivity index (χ4v) is 4.23. The zero-order valence-electron chi connectivity index (χ0n) is 21.5. The normalized spacial score (nSPS) is 26.7. The topological polar surface area (TPSA) is 120 Å². The molecule has 2 aliphatic rings. The number of ether oxygens (including phenoxy) is 1. The highest BCUT2D eigenvalue weighted by molar-refractivity contribution is 5.93. The Morgan fingerprint density at radius 2 is 1.78 bits per heavy atom. The predicted octanol–water partition coefficient (Wildman–Crippen LogP) is -0.158. The molecule has 10 heteroatoms. The molecular weight excluding hydrogens is 462 g/mol. The van der Waals surface area contributed by atoms with Crippen LogP contribution in [0.4, 0.5) is 0 Å². The van der Waals surface area contributed by atoms with Crippen molar-refractivity contribution in [3.8, 4) is 0 Å². The van der Waals surface area contributed by atoms with E-state index < -0.39 is 42.0 Å². The Kier molecular flexibility index (Phi) is 9.60. The van der Waals surface area contributed by atoms with Gasteiger partial charge in [-0.15, -0.1) is 0 Å². The monoisotopic (exact) mass is 499 g/mol. The molecule has 3 rings (SSSR count). The van der Waals surface area contributed by atoms with Gasteiger partial charge in [0.05, 0.1) is 12.6 Å². The van der Waals surface area contributed by atoms with E-state index in [9.17, 15) is 19.2 Å². The smallest absolute Gasteiger partial charge is 0.251 e. The average Bonchev–Trinajstić information content (AvgIpc) is 2.85. The SMILES string of the molecule is CC(C)=CCN1C[C@@H]2CNC(=O)[C@@H](C)NC(=O)CN(C)C(=O)[C@@H](Cc3ccccc3)NC(=O)[C@@H](C1)O2. The Morgan fingerprint density at radius 1 is 1.06 bits per heavy atom. The third kappa shape index (κ3) is 7.89. The van der Waals surface area contributed by atoms with E-state index >= 15 is 0 Å². The Hall–Kier alpha value is -3.24. The van der Waals surface area contributed by atoms with E-state index in [1.807, 2.05) is 44.2 Å². The molecule has 2 bridgehead atoms. The van der Waals surface area contributed by atoms with E-state index in [1.165, 1.54) is 11.9 Å². The fraction of sp³-hybridized carbons (Fsp3) is 0.538. The molecule has 0 radical (unpaired) electrons. The Bertz CT molecular complexity index is 978. The lowest BCUT2D eigenvalue weighted by atomic mass is 10.0. The van der Waals surface area contributed by atoms with Gasteiger partial charge in [0.2, 0.25) is 17.7 Å². The Morgan fingerprint density at radius 3 is 2.47 bits per heavy atom. The second kappa shape index (κ2) is 12.6. The maximum Gasteiger partial charge on any atom is 0.251 e. The number of hydrogen-bond acceptors (Lipinski definition) is 6. The molecule has 1 aromatic carbocycles. The molecule has 2 saturated heterocycles. The van der Waals surface area contributed by atoms with E-state index in [4.69, 9.17) is 4.74 Å². The van der Waals surface area contributed by atoms with Gasteiger partial charge < -0.3 is 25.6 Å². The van der Waals surface area contributed by atoms with Crippen LogP contribution in [0.2, 0.25) is 0 Å². The van der Waals surface area contributed by atoms with Crippen LogP contribution in [0.15, 0.2) is 42.0 Å². The third-order valence-corrected chi connectivity index (χ3v) is 6.22. The van der Waals surface area contributed by atoms with Crippen molar-refractivity contribution in [1.82, 2.24) is 25.8 Å². The Balaban J connectivity index is 1.88. The number of amides is 4. The summed E-state index contributed by atoms with van der Waals surface area (Å²) in [6.07, 6.45) is 1.10. The number of morpholine rings is 1. The van der Waals surface area contributed by atoms with Gasteiger partial charge in [-0.05, 0) is 26.3 Å². The number of allylic oxidation sites excluding steroid dienone is 1. The standard InChI is InChI=1S/C26H37N5O5/c1-17(2)10-11-31-14-20-13-27-24(33)18(3)28-23(32)16-30(4)26(35)21(12-19-8-6-5-7-9-19)29-25(34)22(15-31)36-20/h5-10,18,20-22H,11-16H2,1-4H3,(H,27,33)(H,28,32)(H,29,34)/t18-,20+,21-,22-/m1/s1. The lowest BCUT2D eigenvalue weighted by Gasteiger charge is -2.37. The van der Waals surface area contributed by atoms with Crippen LogP contribution in [-0.2, 0) is 30.3 Å². The highest BCUT2D eigenvalue weighted by atomic mass is 16.5. The maximum absolute atomic E-state index is 13.4. The molecule has 0 aromatic heterocycles. The van der Waals surface area contributed by atoms with Crippen molar-refractivity contribution in [2.45, 2.75) is 51.5 Å². The fourth-order valence-electron chi connectivity index (χ4n) is 4.23. The van der Waals surface area contributed by atoms with Gasteiger partial charge in [0, 0.05) is 39.6 Å². The van der Waals surface area contributed by atoms with Crippen molar-refractivity contribution < 1.29 is 23.9 Å². The van der Waals surface area contributed by atoms with Crippen LogP contribution < -0.4 is 16.0 Å². The van der Waals surface area contributed by atoms with Crippen molar-refractivity contribution in [3.63, 3.8) is 0 Å². The molecule has 4 atom stereocenters. The van der Waals surface area contributed by atoms with Crippen LogP contribution in [0.25, 0.3) is 0 Å². The van der Waals surface area contributed by atoms with Crippen molar-refractivity contribution in [3.05, 3.63) is 47.5 Å². The quantitative estimate of drug-likeness (QED) is 0.496. The first kappa shape index (κ1) is 27.3. The van der Waals surface area contributed by atoms with E-state index in [0.717, 1.165) is 11.1 Å². The van der Waals surface area contributed by atoms with Crippen LogP contribution in [0, 0.1) is 0 Å².